The summed E-state index contributed by atoms with van der Waals surface area (Å²) in [6.45, 7) is 5.76. The summed E-state index contributed by atoms with van der Waals surface area (Å²) >= 11 is 0. The molecule has 0 spiro atoms. The van der Waals surface area contributed by atoms with Crippen molar-refractivity contribution in [2.75, 3.05) is 0 Å². The van der Waals surface area contributed by atoms with Gasteiger partial charge in [-0.25, -0.2) is 0 Å². The van der Waals surface area contributed by atoms with Crippen molar-refractivity contribution in [3.05, 3.63) is 96.6 Å². The molecular weight excluding hydrogens is 420 g/mol. The summed E-state index contributed by atoms with van der Waals surface area (Å²) in [6.07, 6.45) is 6.03. The number of nitrogens with one attached hydrogen (secondary N) is 1. The van der Waals surface area contributed by atoms with Crippen LogP contribution in [-0.2, 0) is 24.3 Å². The molecule has 3 aromatic heterocycles. The van der Waals surface area contributed by atoms with Crippen LogP contribution in [0.4, 0.5) is 0 Å². The average Bonchev–Trinajstić information content (AvgIpc) is 3.18. The van der Waals surface area contributed by atoms with E-state index in [1.54, 1.807) is 6.20 Å². The van der Waals surface area contributed by atoms with Crippen LogP contribution in [0.25, 0.3) is 32.9 Å². The fourth-order valence-electron chi connectivity index (χ4n) is 4.42. The van der Waals surface area contributed by atoms with E-state index in [-0.39, 0.29) is 5.91 Å². The Labute approximate surface area is 199 Å². The number of carbonyl (C=O) groups is 1. The molecule has 3 heterocycles. The molecule has 5 heteroatoms. The van der Waals surface area contributed by atoms with E-state index < -0.39 is 0 Å². The summed E-state index contributed by atoms with van der Waals surface area (Å²) in [4.78, 5) is 21.5. The second kappa shape index (κ2) is 9.48. The number of hydrogen-bond acceptors (Lipinski definition) is 3. The Hall–Kier alpha value is -3.99. The first-order valence-corrected chi connectivity index (χ1v) is 11.7. The molecule has 5 aromatic rings. The molecule has 1 N–H and O–H groups in total. The molecule has 1 amide bonds. The number of pyridine rings is 2. The van der Waals surface area contributed by atoms with E-state index in [4.69, 9.17) is 0 Å². The molecule has 0 saturated heterocycles. The average molecular weight is 449 g/mol. The van der Waals surface area contributed by atoms with Gasteiger partial charge in [-0.15, -0.1) is 0 Å². The van der Waals surface area contributed by atoms with Crippen molar-refractivity contribution in [1.29, 1.82) is 0 Å². The van der Waals surface area contributed by atoms with E-state index in [1.165, 1.54) is 0 Å². The molecule has 170 valence electrons. The lowest BCUT2D eigenvalue weighted by Gasteiger charge is -2.09. The second-order valence-corrected chi connectivity index (χ2v) is 9.12. The summed E-state index contributed by atoms with van der Waals surface area (Å²) in [7, 11) is 0. The first-order valence-electron chi connectivity index (χ1n) is 11.7. The summed E-state index contributed by atoms with van der Waals surface area (Å²) in [5, 5.41) is 5.25. The molecule has 0 bridgehead atoms. The van der Waals surface area contributed by atoms with Gasteiger partial charge in [0.15, 0.2) is 0 Å². The molecule has 0 atom stereocenters. The largest absolute Gasteiger partial charge is 0.350 e. The fourth-order valence-corrected chi connectivity index (χ4v) is 4.42. The number of aromatic nitrogens is 3. The number of benzene rings is 2. The minimum Gasteiger partial charge on any atom is -0.350 e. The van der Waals surface area contributed by atoms with Gasteiger partial charge in [0.2, 0.25) is 5.91 Å². The summed E-state index contributed by atoms with van der Waals surface area (Å²) in [6, 6.07) is 22.7. The van der Waals surface area contributed by atoms with Crippen LogP contribution < -0.4 is 5.32 Å². The van der Waals surface area contributed by atoms with E-state index in [0.717, 1.165) is 50.7 Å². The smallest absolute Gasteiger partial charge is 0.224 e. The summed E-state index contributed by atoms with van der Waals surface area (Å²) in [5.74, 6) is 0.505. The van der Waals surface area contributed by atoms with Gasteiger partial charge in [-0.3, -0.25) is 14.8 Å². The van der Waals surface area contributed by atoms with E-state index >= 15 is 0 Å². The first-order chi connectivity index (χ1) is 16.6. The van der Waals surface area contributed by atoms with Crippen molar-refractivity contribution >= 4 is 27.7 Å². The molecule has 0 aliphatic heterocycles. The van der Waals surface area contributed by atoms with E-state index in [0.29, 0.717) is 18.9 Å². The maximum absolute atomic E-state index is 12.8. The number of amides is 1. The Morgan fingerprint density at radius 2 is 1.76 bits per heavy atom. The third-order valence-electron chi connectivity index (χ3n) is 6.01. The number of hydrogen-bond donors (Lipinski definition) is 1. The lowest BCUT2D eigenvalue weighted by atomic mass is 10.00. The molecule has 0 unspecified atom stereocenters. The van der Waals surface area contributed by atoms with Gasteiger partial charge in [0.25, 0.3) is 0 Å². The van der Waals surface area contributed by atoms with Crippen molar-refractivity contribution in [1.82, 2.24) is 19.9 Å². The van der Waals surface area contributed by atoms with Crippen LogP contribution in [0.15, 0.2) is 85.3 Å². The van der Waals surface area contributed by atoms with Crippen molar-refractivity contribution in [2.45, 2.75) is 33.4 Å². The number of carbonyl (C=O) groups excluding carboxylic acids is 1. The van der Waals surface area contributed by atoms with Crippen molar-refractivity contribution < 1.29 is 4.79 Å². The van der Waals surface area contributed by atoms with Gasteiger partial charge in [0, 0.05) is 41.4 Å². The molecule has 5 nitrogen and oxygen atoms in total. The van der Waals surface area contributed by atoms with E-state index in [9.17, 15) is 4.79 Å². The maximum atomic E-state index is 12.8. The SMILES string of the molecule is CC(C)Cn1cc(CC(=O)NCc2ccccn2)c2cc(-c3ccc4ncccc4c3)ccc21. The van der Waals surface area contributed by atoms with Gasteiger partial charge in [-0.05, 0) is 65.1 Å². The predicted octanol–water partition coefficient (Wildman–Crippen LogP) is 5.77. The standard InChI is InChI=1S/C29H28N4O/c1-20(2)18-33-19-24(16-29(34)32-17-25-7-3-4-12-30-25)26-15-22(9-11-28(26)33)21-8-10-27-23(14-21)6-5-13-31-27/h3-15,19-20H,16-18H2,1-2H3,(H,32,34). The number of rotatable bonds is 7. The third kappa shape index (κ3) is 4.69. The Balaban J connectivity index is 1.47. The van der Waals surface area contributed by atoms with Gasteiger partial charge in [-0.1, -0.05) is 38.1 Å². The Morgan fingerprint density at radius 3 is 2.59 bits per heavy atom. The molecular formula is C29H28N4O. The highest BCUT2D eigenvalue weighted by molar-refractivity contribution is 5.93. The van der Waals surface area contributed by atoms with Crippen LogP contribution in [-0.4, -0.2) is 20.4 Å². The maximum Gasteiger partial charge on any atom is 0.224 e. The second-order valence-electron chi connectivity index (χ2n) is 9.12. The monoisotopic (exact) mass is 448 g/mol. The van der Waals surface area contributed by atoms with Crippen molar-refractivity contribution in [2.24, 2.45) is 5.92 Å². The summed E-state index contributed by atoms with van der Waals surface area (Å²) < 4.78 is 2.27. The molecule has 0 saturated carbocycles. The van der Waals surface area contributed by atoms with Gasteiger partial charge < -0.3 is 9.88 Å². The van der Waals surface area contributed by atoms with Crippen LogP contribution in [0.3, 0.4) is 0 Å². The molecule has 34 heavy (non-hydrogen) atoms. The van der Waals surface area contributed by atoms with Gasteiger partial charge in [0.1, 0.15) is 0 Å². The van der Waals surface area contributed by atoms with E-state index in [2.05, 4.69) is 82.4 Å². The zero-order valence-electron chi connectivity index (χ0n) is 19.5. The zero-order valence-corrected chi connectivity index (χ0v) is 19.5. The van der Waals surface area contributed by atoms with Crippen LogP contribution in [0.2, 0.25) is 0 Å². The minimum absolute atomic E-state index is 0.00330. The number of nitrogens with zero attached hydrogens (tertiary/aromatic N) is 3. The predicted molar refractivity (Wildman–Crippen MR) is 137 cm³/mol. The first kappa shape index (κ1) is 21.8. The highest BCUT2D eigenvalue weighted by atomic mass is 16.1. The molecule has 2 aromatic carbocycles. The summed E-state index contributed by atoms with van der Waals surface area (Å²) in [5.41, 5.74) is 6.32. The molecule has 0 radical (unpaired) electrons. The molecule has 0 aliphatic carbocycles. The van der Waals surface area contributed by atoms with Crippen LogP contribution in [0.5, 0.6) is 0 Å². The Morgan fingerprint density at radius 1 is 0.941 bits per heavy atom. The highest BCUT2D eigenvalue weighted by Gasteiger charge is 2.14. The van der Waals surface area contributed by atoms with E-state index in [1.807, 2.05) is 30.5 Å². The molecule has 0 fully saturated rings. The van der Waals surface area contributed by atoms with Crippen LogP contribution in [0, 0.1) is 5.92 Å². The third-order valence-corrected chi connectivity index (χ3v) is 6.01. The lowest BCUT2D eigenvalue weighted by Crippen LogP contribution is -2.24. The zero-order chi connectivity index (χ0) is 23.5. The highest BCUT2D eigenvalue weighted by Crippen LogP contribution is 2.30. The molecule has 5 rings (SSSR count). The minimum atomic E-state index is -0.00330. The Kier molecular flexibility index (Phi) is 6.09. The van der Waals surface area contributed by atoms with Gasteiger partial charge >= 0.3 is 0 Å². The number of fused-ring (bicyclic) bond motifs is 2. The quantitative estimate of drug-likeness (QED) is 0.344. The fraction of sp³-hybridized carbons (Fsp3) is 0.207. The van der Waals surface area contributed by atoms with Gasteiger partial charge in [-0.2, -0.15) is 0 Å². The van der Waals surface area contributed by atoms with Crippen molar-refractivity contribution in [3.63, 3.8) is 0 Å². The topological polar surface area (TPSA) is 59.8 Å². The Bertz CT molecular complexity index is 1450. The van der Waals surface area contributed by atoms with Crippen LogP contribution >= 0.6 is 0 Å². The van der Waals surface area contributed by atoms with Crippen molar-refractivity contribution in [3.8, 4) is 11.1 Å². The van der Waals surface area contributed by atoms with Gasteiger partial charge in [0.05, 0.1) is 24.2 Å². The normalized spacial score (nSPS) is 11.4. The van der Waals surface area contributed by atoms with Crippen LogP contribution in [0.1, 0.15) is 25.1 Å². The lowest BCUT2D eigenvalue weighted by molar-refractivity contribution is -0.120. The molecule has 0 aliphatic rings.